The van der Waals surface area contributed by atoms with E-state index in [9.17, 15) is 4.79 Å². The molecule has 1 aromatic carbocycles. The zero-order chi connectivity index (χ0) is 19.5. The number of hydrogen-bond acceptors (Lipinski definition) is 5. The summed E-state index contributed by atoms with van der Waals surface area (Å²) in [5.41, 5.74) is 2.80. The Hall–Kier alpha value is -3.22. The molecule has 1 N–H and O–H groups in total. The van der Waals surface area contributed by atoms with Crippen LogP contribution in [0, 0.1) is 12.8 Å². The van der Waals surface area contributed by atoms with Crippen LogP contribution in [-0.4, -0.2) is 38.7 Å². The Labute approximate surface area is 164 Å². The van der Waals surface area contributed by atoms with Crippen molar-refractivity contribution in [3.63, 3.8) is 0 Å². The van der Waals surface area contributed by atoms with Gasteiger partial charge in [0.05, 0.1) is 41.2 Å². The maximum atomic E-state index is 12.7. The molecule has 3 aromatic rings. The lowest BCUT2D eigenvalue weighted by Crippen LogP contribution is -2.34. The molecule has 0 saturated carbocycles. The molecule has 1 saturated heterocycles. The van der Waals surface area contributed by atoms with E-state index in [-0.39, 0.29) is 5.91 Å². The van der Waals surface area contributed by atoms with Gasteiger partial charge in [0, 0.05) is 13.1 Å². The van der Waals surface area contributed by atoms with Gasteiger partial charge in [-0.25, -0.2) is 14.6 Å². The van der Waals surface area contributed by atoms with Crippen LogP contribution in [0.5, 0.6) is 0 Å². The number of carbonyl (C=O) groups excluding carboxylic acids is 1. The summed E-state index contributed by atoms with van der Waals surface area (Å²) in [4.78, 5) is 23.7. The van der Waals surface area contributed by atoms with Crippen molar-refractivity contribution in [2.24, 2.45) is 5.92 Å². The van der Waals surface area contributed by atoms with E-state index in [0.29, 0.717) is 11.3 Å². The number of nitrogens with zero attached hydrogens (tertiary/aromatic N) is 5. The Kier molecular flexibility index (Phi) is 5.06. The molecule has 1 amide bonds. The third-order valence-corrected chi connectivity index (χ3v) is 5.22. The minimum atomic E-state index is -0.220. The fourth-order valence-corrected chi connectivity index (χ4v) is 3.42. The predicted octanol–water partition coefficient (Wildman–Crippen LogP) is 3.46. The lowest BCUT2D eigenvalue weighted by molar-refractivity contribution is 0.102. The molecule has 2 aromatic heterocycles. The van der Waals surface area contributed by atoms with Crippen LogP contribution in [0.2, 0.25) is 0 Å². The molecular weight excluding hydrogens is 352 g/mol. The number of carbonyl (C=O) groups is 1. The van der Waals surface area contributed by atoms with Crippen molar-refractivity contribution in [3.8, 4) is 5.69 Å². The maximum absolute atomic E-state index is 12.7. The largest absolute Gasteiger partial charge is 0.341 e. The van der Waals surface area contributed by atoms with Crippen LogP contribution in [0.4, 0.5) is 11.6 Å². The van der Waals surface area contributed by atoms with E-state index in [0.717, 1.165) is 49.2 Å². The molecule has 0 atom stereocenters. The van der Waals surface area contributed by atoms with E-state index >= 15 is 0 Å². The molecule has 144 valence electrons. The van der Waals surface area contributed by atoms with Gasteiger partial charge in [0.25, 0.3) is 5.91 Å². The molecule has 1 aliphatic heterocycles. The van der Waals surface area contributed by atoms with Gasteiger partial charge in [0.15, 0.2) is 0 Å². The van der Waals surface area contributed by atoms with Crippen LogP contribution >= 0.6 is 0 Å². The number of amides is 1. The minimum absolute atomic E-state index is 0.220. The molecule has 0 spiro atoms. The lowest BCUT2D eigenvalue weighted by Gasteiger charge is -2.30. The molecule has 0 radical (unpaired) electrons. The number of aromatic nitrogens is 4. The van der Waals surface area contributed by atoms with Crippen molar-refractivity contribution in [2.75, 3.05) is 23.3 Å². The average Bonchev–Trinajstić information content (AvgIpc) is 3.11. The minimum Gasteiger partial charge on any atom is -0.341 e. The third-order valence-electron chi connectivity index (χ3n) is 5.22. The van der Waals surface area contributed by atoms with Crippen molar-refractivity contribution >= 4 is 17.5 Å². The first-order chi connectivity index (χ1) is 13.6. The highest BCUT2D eigenvalue weighted by molar-refractivity contribution is 6.04. The summed E-state index contributed by atoms with van der Waals surface area (Å²) in [6.45, 7) is 6.11. The molecule has 7 heteroatoms. The van der Waals surface area contributed by atoms with Crippen LogP contribution in [0.1, 0.15) is 35.8 Å². The van der Waals surface area contributed by atoms with E-state index in [4.69, 9.17) is 0 Å². The van der Waals surface area contributed by atoms with Gasteiger partial charge in [-0.3, -0.25) is 4.79 Å². The van der Waals surface area contributed by atoms with Gasteiger partial charge < -0.3 is 10.2 Å². The van der Waals surface area contributed by atoms with Crippen LogP contribution in [-0.2, 0) is 0 Å². The highest BCUT2D eigenvalue weighted by Gasteiger charge is 2.19. The molecule has 3 heterocycles. The summed E-state index contributed by atoms with van der Waals surface area (Å²) < 4.78 is 1.76. The number of rotatable bonds is 4. The highest BCUT2D eigenvalue weighted by atomic mass is 16.1. The second-order valence-electron chi connectivity index (χ2n) is 7.29. The Balaban J connectivity index is 1.45. The van der Waals surface area contributed by atoms with Gasteiger partial charge in [0.2, 0.25) is 5.95 Å². The van der Waals surface area contributed by atoms with E-state index in [2.05, 4.69) is 32.2 Å². The van der Waals surface area contributed by atoms with E-state index in [1.54, 1.807) is 23.3 Å². The number of nitrogens with one attached hydrogen (secondary N) is 1. The molecule has 4 rings (SSSR count). The standard InChI is InChI=1S/C21H24N6O/c1-15-8-10-26(11-9-15)21-22-12-17(13-23-21)25-20(28)19-14-24-27(16(19)2)18-6-4-3-5-7-18/h3-7,12-15H,8-11H2,1-2H3,(H,25,28). The summed E-state index contributed by atoms with van der Waals surface area (Å²) in [6.07, 6.45) is 7.23. The van der Waals surface area contributed by atoms with Crippen LogP contribution in [0.25, 0.3) is 5.69 Å². The van der Waals surface area contributed by atoms with Gasteiger partial charge in [0.1, 0.15) is 0 Å². The summed E-state index contributed by atoms with van der Waals surface area (Å²) in [5, 5.41) is 7.21. The Bertz CT molecular complexity index is 943. The number of anilines is 2. The summed E-state index contributed by atoms with van der Waals surface area (Å²) in [5.74, 6) is 1.26. The van der Waals surface area contributed by atoms with Crippen molar-refractivity contribution in [1.82, 2.24) is 19.7 Å². The summed E-state index contributed by atoms with van der Waals surface area (Å²) in [7, 11) is 0. The molecular formula is C21H24N6O. The molecule has 1 aliphatic rings. The number of benzene rings is 1. The zero-order valence-corrected chi connectivity index (χ0v) is 16.2. The second-order valence-corrected chi connectivity index (χ2v) is 7.29. The molecule has 0 unspecified atom stereocenters. The quantitative estimate of drug-likeness (QED) is 0.755. The van der Waals surface area contributed by atoms with E-state index < -0.39 is 0 Å². The molecule has 1 fully saturated rings. The fraction of sp³-hybridized carbons (Fsp3) is 0.333. The Morgan fingerprint density at radius 1 is 1.07 bits per heavy atom. The average molecular weight is 376 g/mol. The summed E-state index contributed by atoms with van der Waals surface area (Å²) in [6, 6.07) is 9.74. The van der Waals surface area contributed by atoms with Gasteiger partial charge >= 0.3 is 0 Å². The molecule has 7 nitrogen and oxygen atoms in total. The van der Waals surface area contributed by atoms with Gasteiger partial charge in [-0.15, -0.1) is 0 Å². The van der Waals surface area contributed by atoms with Gasteiger partial charge in [-0.2, -0.15) is 5.10 Å². The topological polar surface area (TPSA) is 75.9 Å². The number of para-hydroxylation sites is 1. The highest BCUT2D eigenvalue weighted by Crippen LogP contribution is 2.21. The zero-order valence-electron chi connectivity index (χ0n) is 16.2. The first kappa shape index (κ1) is 18.2. The summed E-state index contributed by atoms with van der Waals surface area (Å²) >= 11 is 0. The van der Waals surface area contributed by atoms with E-state index in [1.165, 1.54) is 0 Å². The van der Waals surface area contributed by atoms with Crippen molar-refractivity contribution in [2.45, 2.75) is 26.7 Å². The number of hydrogen-bond donors (Lipinski definition) is 1. The van der Waals surface area contributed by atoms with Gasteiger partial charge in [-0.05, 0) is 37.8 Å². The van der Waals surface area contributed by atoms with Crippen LogP contribution in [0.3, 0.4) is 0 Å². The SMILES string of the molecule is Cc1c(C(=O)Nc2cnc(N3CCC(C)CC3)nc2)cnn1-c1ccccc1. The number of piperidine rings is 1. The normalized spacial score (nSPS) is 14.9. The Morgan fingerprint density at radius 3 is 2.43 bits per heavy atom. The maximum Gasteiger partial charge on any atom is 0.259 e. The lowest BCUT2D eigenvalue weighted by atomic mass is 10.00. The van der Waals surface area contributed by atoms with Crippen molar-refractivity contribution < 1.29 is 4.79 Å². The predicted molar refractivity (Wildman–Crippen MR) is 109 cm³/mol. The monoisotopic (exact) mass is 376 g/mol. The van der Waals surface area contributed by atoms with Crippen molar-refractivity contribution in [1.29, 1.82) is 0 Å². The molecule has 28 heavy (non-hydrogen) atoms. The van der Waals surface area contributed by atoms with Crippen LogP contribution < -0.4 is 10.2 Å². The third kappa shape index (κ3) is 3.74. The smallest absolute Gasteiger partial charge is 0.259 e. The van der Waals surface area contributed by atoms with Crippen LogP contribution in [0.15, 0.2) is 48.9 Å². The van der Waals surface area contributed by atoms with Gasteiger partial charge in [-0.1, -0.05) is 25.1 Å². The fourth-order valence-electron chi connectivity index (χ4n) is 3.42. The first-order valence-corrected chi connectivity index (χ1v) is 9.60. The van der Waals surface area contributed by atoms with Crippen molar-refractivity contribution in [3.05, 3.63) is 60.2 Å². The molecule has 0 bridgehead atoms. The Morgan fingerprint density at radius 2 is 1.75 bits per heavy atom. The first-order valence-electron chi connectivity index (χ1n) is 9.60. The second kappa shape index (κ2) is 7.80. The van der Waals surface area contributed by atoms with E-state index in [1.807, 2.05) is 37.3 Å². The molecule has 0 aliphatic carbocycles.